The molecule has 0 aliphatic carbocycles. The molecular formula is C29H26ClF2N5O3. The first kappa shape index (κ1) is 28.5. The fourth-order valence-corrected chi connectivity index (χ4v) is 4.44. The Labute approximate surface area is 234 Å². The van der Waals surface area contributed by atoms with Crippen molar-refractivity contribution in [3.05, 3.63) is 99.1 Å². The van der Waals surface area contributed by atoms with Gasteiger partial charge in [0.2, 0.25) is 5.82 Å². The third-order valence-electron chi connectivity index (χ3n) is 6.22. The molecule has 1 amide bonds. The number of hydrogen-bond acceptors (Lipinski definition) is 6. The van der Waals surface area contributed by atoms with Gasteiger partial charge in [0, 0.05) is 18.0 Å². The number of rotatable bonds is 10. The lowest BCUT2D eigenvalue weighted by Crippen LogP contribution is -2.41. The van der Waals surface area contributed by atoms with Gasteiger partial charge in [-0.1, -0.05) is 29.8 Å². The highest BCUT2D eigenvalue weighted by atomic mass is 35.5. The summed E-state index contributed by atoms with van der Waals surface area (Å²) < 4.78 is 35.7. The summed E-state index contributed by atoms with van der Waals surface area (Å²) in [5.41, 5.74) is 8.60. The highest BCUT2D eigenvalue weighted by Crippen LogP contribution is 2.29. The molecule has 0 saturated carbocycles. The van der Waals surface area contributed by atoms with Crippen molar-refractivity contribution in [2.24, 2.45) is 5.73 Å². The number of carbonyl (C=O) groups excluding carboxylic acids is 1. The maximum absolute atomic E-state index is 15.1. The van der Waals surface area contributed by atoms with Crippen LogP contribution in [0.15, 0.2) is 65.5 Å². The van der Waals surface area contributed by atoms with E-state index in [1.807, 2.05) is 6.07 Å². The van der Waals surface area contributed by atoms with Crippen LogP contribution in [0.3, 0.4) is 0 Å². The average Bonchev–Trinajstić information content (AvgIpc) is 2.95. The van der Waals surface area contributed by atoms with Crippen molar-refractivity contribution >= 4 is 34.1 Å². The standard InChI is InChI=1S/C29H26ClF2N5O3/c1-3-8-23(36(16-7-15-33)28(38)21-13-14-24(40-2)26(32)25(21)31)27-34-22-17-18(30)11-12-20(22)29(39)37(27)35-19-9-5-4-6-10-19/h1,4-6,9-14,17,23,35H,7-8,15-16,33H2,2H3/t23-/m1/s1. The van der Waals surface area contributed by atoms with Crippen LogP contribution in [-0.4, -0.2) is 40.7 Å². The number of benzene rings is 3. The van der Waals surface area contributed by atoms with E-state index < -0.39 is 34.7 Å². The number of amides is 1. The minimum Gasteiger partial charge on any atom is -0.494 e. The van der Waals surface area contributed by atoms with Crippen LogP contribution in [0.1, 0.15) is 35.1 Å². The molecule has 40 heavy (non-hydrogen) atoms. The number of halogens is 3. The fourth-order valence-electron chi connectivity index (χ4n) is 4.27. The van der Waals surface area contributed by atoms with Gasteiger partial charge in [0.05, 0.1) is 29.3 Å². The van der Waals surface area contributed by atoms with Gasteiger partial charge >= 0.3 is 0 Å². The zero-order chi connectivity index (χ0) is 28.8. The van der Waals surface area contributed by atoms with Gasteiger partial charge in [-0.3, -0.25) is 15.0 Å². The number of fused-ring (bicyclic) bond motifs is 1. The van der Waals surface area contributed by atoms with Gasteiger partial charge in [-0.05, 0) is 55.4 Å². The first-order chi connectivity index (χ1) is 19.3. The van der Waals surface area contributed by atoms with Crippen molar-refractivity contribution in [1.29, 1.82) is 0 Å². The molecule has 0 aliphatic heterocycles. The Morgan fingerprint density at radius 2 is 1.95 bits per heavy atom. The Hall–Kier alpha value is -4.46. The highest BCUT2D eigenvalue weighted by molar-refractivity contribution is 6.31. The van der Waals surface area contributed by atoms with Crippen LogP contribution in [0.5, 0.6) is 5.75 Å². The Balaban J connectivity index is 1.94. The summed E-state index contributed by atoms with van der Waals surface area (Å²) in [6.07, 6.45) is 5.92. The van der Waals surface area contributed by atoms with Gasteiger partial charge in [0.15, 0.2) is 17.4 Å². The molecule has 0 saturated heterocycles. The van der Waals surface area contributed by atoms with Crippen LogP contribution in [0, 0.1) is 24.0 Å². The summed E-state index contributed by atoms with van der Waals surface area (Å²) >= 11 is 6.19. The van der Waals surface area contributed by atoms with Gasteiger partial charge in [0.25, 0.3) is 11.5 Å². The largest absolute Gasteiger partial charge is 0.494 e. The van der Waals surface area contributed by atoms with Crippen molar-refractivity contribution in [3.63, 3.8) is 0 Å². The summed E-state index contributed by atoms with van der Waals surface area (Å²) in [5, 5.41) is 0.610. The molecule has 0 spiro atoms. The van der Waals surface area contributed by atoms with Crippen LogP contribution in [0.25, 0.3) is 10.9 Å². The molecule has 206 valence electrons. The zero-order valence-electron chi connectivity index (χ0n) is 21.5. The Morgan fingerprint density at radius 3 is 2.62 bits per heavy atom. The second kappa shape index (κ2) is 12.6. The van der Waals surface area contributed by atoms with E-state index in [-0.39, 0.29) is 42.0 Å². The minimum atomic E-state index is -1.38. The average molecular weight is 566 g/mol. The lowest BCUT2D eigenvalue weighted by atomic mass is 10.1. The SMILES string of the molecule is C#CC[C@H](c1nc2cc(Cl)ccc2c(=O)n1Nc1ccccc1)N(CCCN)C(=O)c1ccc(OC)c(F)c1F. The van der Waals surface area contributed by atoms with E-state index in [0.717, 1.165) is 12.1 Å². The van der Waals surface area contributed by atoms with Crippen LogP contribution in [0.4, 0.5) is 14.5 Å². The number of hydrogen-bond donors (Lipinski definition) is 2. The lowest BCUT2D eigenvalue weighted by molar-refractivity contribution is 0.0660. The number of terminal acetylenes is 1. The highest BCUT2D eigenvalue weighted by Gasteiger charge is 2.32. The van der Waals surface area contributed by atoms with E-state index in [0.29, 0.717) is 17.1 Å². The first-order valence-corrected chi connectivity index (χ1v) is 12.7. The van der Waals surface area contributed by atoms with E-state index in [9.17, 15) is 14.0 Å². The Morgan fingerprint density at radius 1 is 1.20 bits per heavy atom. The van der Waals surface area contributed by atoms with Crippen molar-refractivity contribution in [2.45, 2.75) is 18.9 Å². The molecule has 4 rings (SSSR count). The second-order valence-corrected chi connectivity index (χ2v) is 9.19. The van der Waals surface area contributed by atoms with Gasteiger partial charge in [-0.2, -0.15) is 4.39 Å². The summed E-state index contributed by atoms with van der Waals surface area (Å²) in [7, 11) is 1.19. The van der Waals surface area contributed by atoms with E-state index in [1.165, 1.54) is 22.8 Å². The number of para-hydroxylation sites is 1. The van der Waals surface area contributed by atoms with E-state index in [2.05, 4.69) is 11.3 Å². The molecule has 0 unspecified atom stereocenters. The summed E-state index contributed by atoms with van der Waals surface area (Å²) in [6.45, 7) is 0.214. The van der Waals surface area contributed by atoms with Gasteiger partial charge in [-0.15, -0.1) is 12.3 Å². The van der Waals surface area contributed by atoms with E-state index >= 15 is 4.39 Å². The van der Waals surface area contributed by atoms with Gasteiger partial charge in [-0.25, -0.2) is 14.1 Å². The number of anilines is 1. The number of nitrogens with one attached hydrogen (secondary N) is 1. The predicted octanol–water partition coefficient (Wildman–Crippen LogP) is 4.77. The Kier molecular flexibility index (Phi) is 8.99. The molecular weight excluding hydrogens is 540 g/mol. The third kappa shape index (κ3) is 5.76. The molecule has 4 aromatic rings. The molecule has 8 nitrogen and oxygen atoms in total. The van der Waals surface area contributed by atoms with Crippen molar-refractivity contribution in [3.8, 4) is 18.1 Å². The van der Waals surface area contributed by atoms with Crippen molar-refractivity contribution in [2.75, 3.05) is 25.6 Å². The number of nitrogens with two attached hydrogens (primary N) is 1. The predicted molar refractivity (Wildman–Crippen MR) is 150 cm³/mol. The maximum Gasteiger partial charge on any atom is 0.280 e. The molecule has 11 heteroatoms. The van der Waals surface area contributed by atoms with Crippen LogP contribution < -0.4 is 21.5 Å². The maximum atomic E-state index is 15.1. The topological polar surface area (TPSA) is 102 Å². The molecule has 0 fully saturated rings. The van der Waals surface area contributed by atoms with E-state index in [4.69, 9.17) is 33.5 Å². The monoisotopic (exact) mass is 565 g/mol. The number of methoxy groups -OCH3 is 1. The molecule has 0 radical (unpaired) electrons. The van der Waals surface area contributed by atoms with E-state index in [1.54, 1.807) is 36.4 Å². The molecule has 1 aromatic heterocycles. The lowest BCUT2D eigenvalue weighted by Gasteiger charge is -2.32. The quantitative estimate of drug-likeness (QED) is 0.269. The Bertz CT molecular complexity index is 1640. The molecule has 0 aliphatic rings. The fraction of sp³-hybridized carbons (Fsp3) is 0.207. The number of aromatic nitrogens is 2. The number of ether oxygens (including phenoxy) is 1. The second-order valence-electron chi connectivity index (χ2n) is 8.76. The van der Waals surface area contributed by atoms with Crippen molar-refractivity contribution < 1.29 is 18.3 Å². The summed E-state index contributed by atoms with van der Waals surface area (Å²) in [4.78, 5) is 33.5. The van der Waals surface area contributed by atoms with Gasteiger partial charge < -0.3 is 15.4 Å². The first-order valence-electron chi connectivity index (χ1n) is 12.3. The molecule has 0 bridgehead atoms. The van der Waals surface area contributed by atoms with Crippen LogP contribution >= 0.6 is 11.6 Å². The minimum absolute atomic E-state index is 0.0174. The summed E-state index contributed by atoms with van der Waals surface area (Å²) in [6, 6.07) is 14.7. The smallest absolute Gasteiger partial charge is 0.280 e. The van der Waals surface area contributed by atoms with Gasteiger partial charge in [0.1, 0.15) is 6.04 Å². The number of carbonyl (C=O) groups is 1. The van der Waals surface area contributed by atoms with Crippen LogP contribution in [-0.2, 0) is 0 Å². The van der Waals surface area contributed by atoms with Crippen molar-refractivity contribution in [1.82, 2.24) is 14.6 Å². The number of nitrogens with zero attached hydrogens (tertiary/aromatic N) is 3. The normalized spacial score (nSPS) is 11.6. The van der Waals surface area contributed by atoms with Crippen LogP contribution in [0.2, 0.25) is 5.02 Å². The molecule has 1 atom stereocenters. The zero-order valence-corrected chi connectivity index (χ0v) is 22.3. The third-order valence-corrected chi connectivity index (χ3v) is 6.45. The molecule has 3 aromatic carbocycles. The molecule has 1 heterocycles. The molecule has 3 N–H and O–H groups in total. The summed E-state index contributed by atoms with van der Waals surface area (Å²) in [5.74, 6) is -1.30.